The van der Waals surface area contributed by atoms with Gasteiger partial charge in [-0.3, -0.25) is 4.79 Å². The molecule has 122 valence electrons. The largest absolute Gasteiger partial charge is 0.492 e. The second-order valence-electron chi connectivity index (χ2n) is 6.41. The zero-order valence-corrected chi connectivity index (χ0v) is 13.9. The number of ketones is 1. The molecular formula is C19H29NO2. The molecule has 1 aromatic rings. The van der Waals surface area contributed by atoms with E-state index in [0.717, 1.165) is 24.3 Å². The van der Waals surface area contributed by atoms with Gasteiger partial charge in [-0.25, -0.2) is 0 Å². The molecule has 1 aliphatic rings. The summed E-state index contributed by atoms with van der Waals surface area (Å²) in [5, 5.41) is 0. The number of anilines is 1. The van der Waals surface area contributed by atoms with Gasteiger partial charge in [0.25, 0.3) is 0 Å². The minimum absolute atomic E-state index is 0.176. The minimum Gasteiger partial charge on any atom is -0.492 e. The van der Waals surface area contributed by atoms with Gasteiger partial charge in [0.1, 0.15) is 5.75 Å². The van der Waals surface area contributed by atoms with Crippen molar-refractivity contribution in [3.8, 4) is 5.75 Å². The normalized spacial score (nSPS) is 21.5. The Morgan fingerprint density at radius 3 is 2.55 bits per heavy atom. The van der Waals surface area contributed by atoms with Gasteiger partial charge in [-0.1, -0.05) is 26.2 Å². The molecule has 1 fully saturated rings. The molecule has 22 heavy (non-hydrogen) atoms. The zero-order chi connectivity index (χ0) is 15.9. The number of Topliss-reactive ketones (excluding diaryl/α,β-unsaturated/α-hetero) is 1. The Labute approximate surface area is 134 Å². The molecule has 0 saturated heterocycles. The van der Waals surface area contributed by atoms with E-state index in [9.17, 15) is 4.79 Å². The first-order valence-corrected chi connectivity index (χ1v) is 8.72. The fraction of sp³-hybridized carbons (Fsp3) is 0.632. The highest BCUT2D eigenvalue weighted by Gasteiger charge is 2.27. The van der Waals surface area contributed by atoms with Gasteiger partial charge in [-0.2, -0.15) is 0 Å². The Morgan fingerprint density at radius 1 is 1.23 bits per heavy atom. The van der Waals surface area contributed by atoms with Crippen molar-refractivity contribution >= 4 is 11.5 Å². The molecule has 0 spiro atoms. The second kappa shape index (κ2) is 8.21. The SMILES string of the molecule is CCCCC1CCC(C(=O)c2ccc(OCC)c(N)c2)CC1. The van der Waals surface area contributed by atoms with E-state index in [1.165, 1.54) is 32.1 Å². The number of rotatable bonds is 7. The van der Waals surface area contributed by atoms with Crippen molar-refractivity contribution in [1.29, 1.82) is 0 Å². The van der Waals surface area contributed by atoms with Crippen LogP contribution in [0.2, 0.25) is 0 Å². The first kappa shape index (κ1) is 16.9. The van der Waals surface area contributed by atoms with Crippen LogP contribution < -0.4 is 10.5 Å². The van der Waals surface area contributed by atoms with Crippen molar-refractivity contribution in [3.63, 3.8) is 0 Å². The van der Waals surface area contributed by atoms with Crippen molar-refractivity contribution in [2.24, 2.45) is 11.8 Å². The summed E-state index contributed by atoms with van der Waals surface area (Å²) in [6.45, 7) is 4.75. The molecule has 1 aromatic carbocycles. The highest BCUT2D eigenvalue weighted by molar-refractivity contribution is 5.99. The monoisotopic (exact) mass is 303 g/mol. The molecule has 2 rings (SSSR count). The van der Waals surface area contributed by atoms with Crippen molar-refractivity contribution in [2.45, 2.75) is 58.8 Å². The van der Waals surface area contributed by atoms with Crippen LogP contribution in [0.3, 0.4) is 0 Å². The van der Waals surface area contributed by atoms with Crippen LogP contribution in [0.5, 0.6) is 5.75 Å². The molecule has 0 atom stereocenters. The van der Waals surface area contributed by atoms with Gasteiger partial charge < -0.3 is 10.5 Å². The Kier molecular flexibility index (Phi) is 6.29. The standard InChI is InChI=1S/C19H29NO2/c1-3-5-6-14-7-9-15(10-8-14)19(21)16-11-12-18(22-4-2)17(20)13-16/h11-15H,3-10,20H2,1-2H3. The summed E-state index contributed by atoms with van der Waals surface area (Å²) >= 11 is 0. The third-order valence-corrected chi connectivity index (χ3v) is 4.78. The summed E-state index contributed by atoms with van der Waals surface area (Å²) in [6.07, 6.45) is 8.36. The van der Waals surface area contributed by atoms with Crippen molar-refractivity contribution < 1.29 is 9.53 Å². The molecule has 1 saturated carbocycles. The van der Waals surface area contributed by atoms with Gasteiger partial charge in [0.15, 0.2) is 5.78 Å². The summed E-state index contributed by atoms with van der Waals surface area (Å²) < 4.78 is 5.43. The average molecular weight is 303 g/mol. The molecule has 0 unspecified atom stereocenters. The molecular weight excluding hydrogens is 274 g/mol. The van der Waals surface area contributed by atoms with Crippen molar-refractivity contribution in [3.05, 3.63) is 23.8 Å². The van der Waals surface area contributed by atoms with Crippen LogP contribution in [0.15, 0.2) is 18.2 Å². The van der Waals surface area contributed by atoms with Crippen LogP contribution in [-0.4, -0.2) is 12.4 Å². The fourth-order valence-electron chi connectivity index (χ4n) is 3.43. The third kappa shape index (κ3) is 4.25. The molecule has 0 bridgehead atoms. The summed E-state index contributed by atoms with van der Waals surface area (Å²) in [6, 6.07) is 5.45. The van der Waals surface area contributed by atoms with E-state index < -0.39 is 0 Å². The molecule has 0 amide bonds. The smallest absolute Gasteiger partial charge is 0.166 e. The molecule has 0 radical (unpaired) electrons. The number of benzene rings is 1. The number of hydrogen-bond donors (Lipinski definition) is 1. The number of unbranched alkanes of at least 4 members (excludes halogenated alkanes) is 1. The topological polar surface area (TPSA) is 52.3 Å². The van der Waals surface area contributed by atoms with Gasteiger partial charge in [0.2, 0.25) is 0 Å². The summed E-state index contributed by atoms with van der Waals surface area (Å²) in [5.41, 5.74) is 7.27. The lowest BCUT2D eigenvalue weighted by atomic mass is 9.77. The molecule has 0 aromatic heterocycles. The number of carbonyl (C=O) groups excluding carboxylic acids is 1. The maximum Gasteiger partial charge on any atom is 0.166 e. The summed E-state index contributed by atoms with van der Waals surface area (Å²) in [4.78, 5) is 12.6. The lowest BCUT2D eigenvalue weighted by molar-refractivity contribution is 0.0869. The average Bonchev–Trinajstić information content (AvgIpc) is 2.55. The van der Waals surface area contributed by atoms with Gasteiger partial charge in [-0.05, 0) is 56.7 Å². The molecule has 3 heteroatoms. The Morgan fingerprint density at radius 2 is 1.95 bits per heavy atom. The van der Waals surface area contributed by atoms with Gasteiger partial charge in [-0.15, -0.1) is 0 Å². The Balaban J connectivity index is 1.93. The number of nitrogens with two attached hydrogens (primary N) is 1. The first-order chi connectivity index (χ1) is 10.7. The lowest BCUT2D eigenvalue weighted by Gasteiger charge is -2.27. The van der Waals surface area contributed by atoms with Gasteiger partial charge in [0.05, 0.1) is 12.3 Å². The highest BCUT2D eigenvalue weighted by Crippen LogP contribution is 2.34. The lowest BCUT2D eigenvalue weighted by Crippen LogP contribution is -2.22. The summed E-state index contributed by atoms with van der Waals surface area (Å²) in [5.74, 6) is 1.93. The van der Waals surface area contributed by atoms with Crippen LogP contribution in [0.1, 0.15) is 69.2 Å². The molecule has 0 aliphatic heterocycles. The van der Waals surface area contributed by atoms with Crippen LogP contribution in [0, 0.1) is 11.8 Å². The van der Waals surface area contributed by atoms with E-state index >= 15 is 0 Å². The predicted molar refractivity (Wildman–Crippen MR) is 91.3 cm³/mol. The number of carbonyl (C=O) groups is 1. The third-order valence-electron chi connectivity index (χ3n) is 4.78. The molecule has 1 aliphatic carbocycles. The van der Waals surface area contributed by atoms with Crippen LogP contribution >= 0.6 is 0 Å². The van der Waals surface area contributed by atoms with Crippen LogP contribution in [0.25, 0.3) is 0 Å². The van der Waals surface area contributed by atoms with E-state index in [0.29, 0.717) is 18.0 Å². The fourth-order valence-corrected chi connectivity index (χ4v) is 3.43. The Hall–Kier alpha value is -1.51. The number of ether oxygens (including phenoxy) is 1. The Bertz CT molecular complexity index is 490. The van der Waals surface area contributed by atoms with E-state index in [1.807, 2.05) is 19.1 Å². The van der Waals surface area contributed by atoms with Crippen molar-refractivity contribution in [1.82, 2.24) is 0 Å². The first-order valence-electron chi connectivity index (χ1n) is 8.72. The van der Waals surface area contributed by atoms with Gasteiger partial charge >= 0.3 is 0 Å². The maximum atomic E-state index is 12.6. The molecule has 2 N–H and O–H groups in total. The second-order valence-corrected chi connectivity index (χ2v) is 6.41. The molecule has 0 heterocycles. The maximum absolute atomic E-state index is 12.6. The van der Waals surface area contributed by atoms with E-state index in [4.69, 9.17) is 10.5 Å². The van der Waals surface area contributed by atoms with E-state index in [-0.39, 0.29) is 11.7 Å². The predicted octanol–water partition coefficient (Wildman–Crippen LogP) is 4.85. The van der Waals surface area contributed by atoms with Crippen LogP contribution in [0.4, 0.5) is 5.69 Å². The van der Waals surface area contributed by atoms with Gasteiger partial charge in [0, 0.05) is 11.5 Å². The quantitative estimate of drug-likeness (QED) is 0.579. The van der Waals surface area contributed by atoms with Crippen LogP contribution in [-0.2, 0) is 0 Å². The summed E-state index contributed by atoms with van der Waals surface area (Å²) in [7, 11) is 0. The van der Waals surface area contributed by atoms with Crippen molar-refractivity contribution in [2.75, 3.05) is 12.3 Å². The van der Waals surface area contributed by atoms with E-state index in [1.54, 1.807) is 6.07 Å². The number of hydrogen-bond acceptors (Lipinski definition) is 3. The zero-order valence-electron chi connectivity index (χ0n) is 13.9. The molecule has 3 nitrogen and oxygen atoms in total. The highest BCUT2D eigenvalue weighted by atomic mass is 16.5. The minimum atomic E-state index is 0.176. The van der Waals surface area contributed by atoms with E-state index in [2.05, 4.69) is 6.92 Å². The number of nitrogen functional groups attached to an aromatic ring is 1.